The predicted molar refractivity (Wildman–Crippen MR) is 98.4 cm³/mol. The minimum atomic E-state index is -1.44. The van der Waals surface area contributed by atoms with Gasteiger partial charge in [0.25, 0.3) is 0 Å². The zero-order valence-corrected chi connectivity index (χ0v) is 16.5. The van der Waals surface area contributed by atoms with Crippen molar-refractivity contribution in [1.29, 1.82) is 0 Å². The molecule has 0 saturated carbocycles. The summed E-state index contributed by atoms with van der Waals surface area (Å²) < 4.78 is 51.3. The highest BCUT2D eigenvalue weighted by atomic mass is 32.2. The maximum absolute atomic E-state index is 14.9. The predicted octanol–water partition coefficient (Wildman–Crippen LogP) is 2.48. The lowest BCUT2D eigenvalue weighted by atomic mass is 10.1. The molecule has 0 radical (unpaired) electrons. The molecule has 3 rings (SSSR count). The number of ether oxygens (including phenoxy) is 2. The molecule has 0 bridgehead atoms. The third-order valence-corrected chi connectivity index (χ3v) is 4.97. The van der Waals surface area contributed by atoms with Crippen LogP contribution in [0.5, 0.6) is 11.5 Å². The molecule has 2 heterocycles. The highest BCUT2D eigenvalue weighted by Crippen LogP contribution is 2.40. The molecule has 0 N–H and O–H groups in total. The van der Waals surface area contributed by atoms with Crippen molar-refractivity contribution in [2.24, 2.45) is 0 Å². The van der Waals surface area contributed by atoms with Crippen LogP contribution in [0.3, 0.4) is 0 Å². The van der Waals surface area contributed by atoms with Gasteiger partial charge >= 0.3 is 11.2 Å². The number of anilines is 2. The summed E-state index contributed by atoms with van der Waals surface area (Å²) in [4.78, 5) is 23.4. The van der Waals surface area contributed by atoms with Gasteiger partial charge in [0.2, 0.25) is 0 Å². The van der Waals surface area contributed by atoms with Gasteiger partial charge in [-0.3, -0.25) is 9.80 Å². The van der Waals surface area contributed by atoms with Crippen LogP contribution in [-0.4, -0.2) is 47.6 Å². The van der Waals surface area contributed by atoms with Gasteiger partial charge in [0.15, 0.2) is 23.1 Å². The van der Waals surface area contributed by atoms with Gasteiger partial charge in [0, 0.05) is 35.5 Å². The molecule has 1 aliphatic rings. The van der Waals surface area contributed by atoms with E-state index in [1.165, 1.54) is 31.6 Å². The molecule has 11 heteroatoms. The summed E-state index contributed by atoms with van der Waals surface area (Å²) in [6.07, 6.45) is 2.82. The van der Waals surface area contributed by atoms with Gasteiger partial charge in [-0.15, -0.1) is 0 Å². The molecule has 8 nitrogen and oxygen atoms in total. The minimum absolute atomic E-state index is 0.0684. The van der Waals surface area contributed by atoms with Gasteiger partial charge < -0.3 is 14.0 Å². The number of benzene rings is 1. The molecule has 1 unspecified atom stereocenters. The van der Waals surface area contributed by atoms with Crippen LogP contribution < -0.4 is 19.3 Å². The van der Waals surface area contributed by atoms with E-state index in [1.807, 2.05) is 0 Å². The number of rotatable bonds is 5. The fraction of sp³-hybridized carbons (Fsp3) is 0.353. The Morgan fingerprint density at radius 3 is 2.36 bits per heavy atom. The molecule has 1 aromatic heterocycles. The number of amides is 2. The van der Waals surface area contributed by atoms with Gasteiger partial charge in [-0.2, -0.15) is 9.97 Å². The van der Waals surface area contributed by atoms with Gasteiger partial charge in [-0.25, -0.2) is 13.6 Å². The van der Waals surface area contributed by atoms with Gasteiger partial charge in [0.1, 0.15) is 17.8 Å². The van der Waals surface area contributed by atoms with Crippen molar-refractivity contribution >= 4 is 28.7 Å². The quantitative estimate of drug-likeness (QED) is 0.554. The lowest BCUT2D eigenvalue weighted by Gasteiger charge is -2.35. The van der Waals surface area contributed by atoms with Crippen LogP contribution in [0, 0.1) is 11.6 Å². The Kier molecular flexibility index (Phi) is 5.57. The normalized spacial score (nSPS) is 14.8. The molecule has 0 aliphatic carbocycles. The number of carbonyl (C=O) groups is 1. The molecule has 2 amide bonds. The largest absolute Gasteiger partial charge is 0.609 e. The highest BCUT2D eigenvalue weighted by molar-refractivity contribution is 7.90. The number of halogens is 2. The lowest BCUT2D eigenvalue weighted by Crippen LogP contribution is -2.48. The lowest BCUT2D eigenvalue weighted by molar-refractivity contribution is 0.249. The third-order valence-electron chi connectivity index (χ3n) is 4.26. The average Bonchev–Trinajstić information content (AvgIpc) is 2.68. The maximum atomic E-state index is 14.9. The summed E-state index contributed by atoms with van der Waals surface area (Å²) in [5.41, 5.74) is -0.135. The summed E-state index contributed by atoms with van der Waals surface area (Å²) in [7, 11) is 2.46. The molecule has 0 fully saturated rings. The van der Waals surface area contributed by atoms with E-state index in [4.69, 9.17) is 9.47 Å². The molecule has 1 aromatic carbocycles. The Bertz CT molecular complexity index is 900. The van der Waals surface area contributed by atoms with Crippen molar-refractivity contribution in [3.63, 3.8) is 0 Å². The van der Waals surface area contributed by atoms with Crippen molar-refractivity contribution < 1.29 is 27.6 Å². The molecule has 2 aromatic rings. The maximum Gasteiger partial charge on any atom is 0.344 e. The van der Waals surface area contributed by atoms with Gasteiger partial charge in [0.05, 0.1) is 20.8 Å². The fourth-order valence-corrected chi connectivity index (χ4v) is 3.33. The number of nitrogens with zero attached hydrogens (tertiary/aromatic N) is 4. The Morgan fingerprint density at radius 2 is 1.86 bits per heavy atom. The summed E-state index contributed by atoms with van der Waals surface area (Å²) in [5, 5.41) is 0.0684. The number of carbonyl (C=O) groups excluding carboxylic acids is 1. The van der Waals surface area contributed by atoms with Crippen molar-refractivity contribution in [2.75, 3.05) is 36.8 Å². The monoisotopic (exact) mass is 412 g/mol. The summed E-state index contributed by atoms with van der Waals surface area (Å²) in [5.74, 6) is -2.31. The molecule has 1 aliphatic heterocycles. The highest BCUT2D eigenvalue weighted by Gasteiger charge is 2.37. The fourth-order valence-electron chi connectivity index (χ4n) is 2.91. The van der Waals surface area contributed by atoms with Crippen LogP contribution in [0.15, 0.2) is 17.4 Å². The third kappa shape index (κ3) is 3.20. The van der Waals surface area contributed by atoms with Crippen molar-refractivity contribution in [1.82, 2.24) is 9.97 Å². The first-order valence-corrected chi connectivity index (χ1v) is 9.78. The standard InChI is InChI=1S/C17H18F2N4O4S/c1-5-22-15-9(7-20-16(21-15)28(4)25)8-23(17(22)24)14-12(18)10(26-2)6-11(27-3)13(14)19/h6-7H,5,8H2,1-4H3. The van der Waals surface area contributed by atoms with E-state index in [0.717, 1.165) is 11.0 Å². The Hall–Kier alpha value is -2.66. The average molecular weight is 412 g/mol. The number of fused-ring (bicyclic) bond motifs is 1. The van der Waals surface area contributed by atoms with E-state index in [9.17, 15) is 18.1 Å². The first kappa shape index (κ1) is 20.1. The van der Waals surface area contributed by atoms with E-state index in [2.05, 4.69) is 9.97 Å². The van der Waals surface area contributed by atoms with Crippen LogP contribution in [0.2, 0.25) is 0 Å². The van der Waals surface area contributed by atoms with E-state index in [1.54, 1.807) is 6.92 Å². The zero-order valence-electron chi connectivity index (χ0n) is 15.7. The van der Waals surface area contributed by atoms with Crippen LogP contribution in [-0.2, 0) is 17.7 Å². The molecular weight excluding hydrogens is 394 g/mol. The zero-order chi connectivity index (χ0) is 20.6. The number of hydrogen-bond donors (Lipinski definition) is 0. The first-order valence-electron chi connectivity index (χ1n) is 8.22. The summed E-state index contributed by atoms with van der Waals surface area (Å²) in [6.45, 7) is 1.69. The molecule has 0 spiro atoms. The number of hydrogen-bond acceptors (Lipinski definition) is 6. The second-order valence-electron chi connectivity index (χ2n) is 5.83. The molecule has 150 valence electrons. The van der Waals surface area contributed by atoms with Crippen molar-refractivity contribution in [2.45, 2.75) is 18.6 Å². The van der Waals surface area contributed by atoms with Gasteiger partial charge in [-0.05, 0) is 6.92 Å². The number of aromatic nitrogens is 2. The summed E-state index contributed by atoms with van der Waals surface area (Å²) in [6, 6.07) is 0.384. The molecule has 1 atom stereocenters. The Morgan fingerprint density at radius 1 is 1.25 bits per heavy atom. The molecule has 28 heavy (non-hydrogen) atoms. The molecule has 0 saturated heterocycles. The van der Waals surface area contributed by atoms with Crippen LogP contribution in [0.4, 0.5) is 25.1 Å². The van der Waals surface area contributed by atoms with Crippen molar-refractivity contribution in [3.05, 3.63) is 29.5 Å². The number of methoxy groups -OCH3 is 2. The smallest absolute Gasteiger partial charge is 0.344 e. The van der Waals surface area contributed by atoms with E-state index >= 15 is 0 Å². The van der Waals surface area contributed by atoms with Crippen LogP contribution >= 0.6 is 0 Å². The summed E-state index contributed by atoms with van der Waals surface area (Å²) >= 11 is -1.44. The van der Waals surface area contributed by atoms with E-state index in [0.29, 0.717) is 5.56 Å². The van der Waals surface area contributed by atoms with Gasteiger partial charge in [-0.1, -0.05) is 0 Å². The SMILES string of the molecule is CCN1C(=O)N(c2c(F)c(OC)cc(OC)c2F)Cc2cnc([S+](C)[O-])nc21. The first-order chi connectivity index (χ1) is 13.3. The van der Waals surface area contributed by atoms with Crippen molar-refractivity contribution in [3.8, 4) is 11.5 Å². The van der Waals surface area contributed by atoms with Crippen LogP contribution in [0.1, 0.15) is 12.5 Å². The topological polar surface area (TPSA) is 90.9 Å². The van der Waals surface area contributed by atoms with Crippen LogP contribution in [0.25, 0.3) is 0 Å². The second-order valence-corrected chi connectivity index (χ2v) is 7.10. The minimum Gasteiger partial charge on any atom is -0.609 e. The molecular formula is C17H18F2N4O4S. The Balaban J connectivity index is 2.16. The van der Waals surface area contributed by atoms with E-state index in [-0.39, 0.29) is 35.6 Å². The number of urea groups is 1. The Labute approximate surface area is 163 Å². The van der Waals surface area contributed by atoms with E-state index < -0.39 is 34.5 Å². The second kappa shape index (κ2) is 7.76.